The lowest BCUT2D eigenvalue weighted by Gasteiger charge is -2.39. The predicted molar refractivity (Wildman–Crippen MR) is 128 cm³/mol. The van der Waals surface area contributed by atoms with Crippen LogP contribution in [0.3, 0.4) is 0 Å². The molecule has 1 N–H and O–H groups in total. The van der Waals surface area contributed by atoms with Crippen LogP contribution in [0.1, 0.15) is 25.3 Å². The molecule has 10 nitrogen and oxygen atoms in total. The first-order valence-corrected chi connectivity index (χ1v) is 12.3. The van der Waals surface area contributed by atoms with Gasteiger partial charge >= 0.3 is 6.03 Å². The molecule has 0 aromatic heterocycles. The summed E-state index contributed by atoms with van der Waals surface area (Å²) in [6, 6.07) is 5.10. The molecule has 1 aromatic carbocycles. The van der Waals surface area contributed by atoms with E-state index in [1.165, 1.54) is 4.90 Å². The third-order valence-electron chi connectivity index (χ3n) is 7.54. The van der Waals surface area contributed by atoms with Gasteiger partial charge in [0.1, 0.15) is 17.0 Å². The minimum absolute atomic E-state index is 0.00841. The zero-order valence-electron chi connectivity index (χ0n) is 20.9. The molecule has 192 valence electrons. The summed E-state index contributed by atoms with van der Waals surface area (Å²) in [4.78, 5) is 44.4. The lowest BCUT2D eigenvalue weighted by Crippen LogP contribution is -2.54. The largest absolute Gasteiger partial charge is 0.497 e. The van der Waals surface area contributed by atoms with E-state index in [1.54, 1.807) is 26.4 Å². The summed E-state index contributed by atoms with van der Waals surface area (Å²) in [7, 11) is 3.17. The second-order valence-corrected chi connectivity index (χ2v) is 9.55. The van der Waals surface area contributed by atoms with Gasteiger partial charge in [0.25, 0.3) is 5.91 Å². The van der Waals surface area contributed by atoms with Gasteiger partial charge in [-0.25, -0.2) is 4.79 Å². The quantitative estimate of drug-likeness (QED) is 0.548. The Bertz CT molecular complexity index is 942. The Morgan fingerprint density at radius 3 is 2.46 bits per heavy atom. The number of hydrogen-bond acceptors (Lipinski definition) is 7. The summed E-state index contributed by atoms with van der Waals surface area (Å²) in [6.07, 6.45) is 1.52. The molecule has 3 aliphatic rings. The number of carbonyl (C=O) groups is 3. The zero-order valence-corrected chi connectivity index (χ0v) is 20.9. The molecule has 1 aromatic rings. The Kier molecular flexibility index (Phi) is 7.81. The number of morpholine rings is 1. The molecular weight excluding hydrogens is 452 g/mol. The van der Waals surface area contributed by atoms with E-state index in [4.69, 9.17) is 14.2 Å². The van der Waals surface area contributed by atoms with Crippen LogP contribution in [0.15, 0.2) is 18.2 Å². The molecule has 3 saturated heterocycles. The van der Waals surface area contributed by atoms with Gasteiger partial charge < -0.3 is 24.4 Å². The van der Waals surface area contributed by atoms with Gasteiger partial charge in [-0.15, -0.1) is 0 Å². The van der Waals surface area contributed by atoms with Gasteiger partial charge in [0.15, 0.2) is 0 Å². The highest BCUT2D eigenvalue weighted by Crippen LogP contribution is 2.34. The van der Waals surface area contributed by atoms with Gasteiger partial charge in [-0.2, -0.15) is 0 Å². The Morgan fingerprint density at radius 2 is 1.80 bits per heavy atom. The monoisotopic (exact) mass is 488 g/mol. The van der Waals surface area contributed by atoms with Gasteiger partial charge in [-0.3, -0.25) is 19.4 Å². The maximum absolute atomic E-state index is 13.3. The molecule has 1 atom stereocenters. The maximum Gasteiger partial charge on any atom is 0.325 e. The third kappa shape index (κ3) is 5.38. The lowest BCUT2D eigenvalue weighted by molar-refractivity contribution is -0.135. The summed E-state index contributed by atoms with van der Waals surface area (Å²) in [5, 5.41) is 2.96. The molecule has 4 amide bonds. The molecule has 35 heavy (non-hydrogen) atoms. The van der Waals surface area contributed by atoms with Crippen LogP contribution < -0.4 is 14.8 Å². The van der Waals surface area contributed by atoms with Crippen LogP contribution in [0.25, 0.3) is 0 Å². The van der Waals surface area contributed by atoms with E-state index in [1.807, 2.05) is 17.9 Å². The van der Waals surface area contributed by atoms with Crippen LogP contribution in [0.2, 0.25) is 0 Å². The minimum atomic E-state index is -0.937. The maximum atomic E-state index is 13.3. The number of ether oxygens (including phenoxy) is 3. The third-order valence-corrected chi connectivity index (χ3v) is 7.54. The Balaban J connectivity index is 1.32. The average molecular weight is 489 g/mol. The molecule has 10 heteroatoms. The number of imide groups is 1. The van der Waals surface area contributed by atoms with Crippen molar-refractivity contribution in [3.8, 4) is 11.5 Å². The standard InChI is InChI=1S/C25H36N4O6/c1-25(23(31)29(24(32)26-25)11-10-27-12-14-35-15-13-27)19-6-8-28(9-7-19)22(30)17-18-16-20(33-2)4-5-21(18)34-3/h4-5,16,19H,6-15,17H2,1-3H3,(H,26,32). The fraction of sp³-hybridized carbons (Fsp3) is 0.640. The van der Waals surface area contributed by atoms with E-state index in [-0.39, 0.29) is 30.2 Å². The molecule has 3 aliphatic heterocycles. The van der Waals surface area contributed by atoms with Gasteiger partial charge in [-0.1, -0.05) is 0 Å². The van der Waals surface area contributed by atoms with Crippen molar-refractivity contribution in [2.75, 3.05) is 66.7 Å². The fourth-order valence-corrected chi connectivity index (χ4v) is 5.26. The molecule has 0 aliphatic carbocycles. The molecule has 3 heterocycles. The van der Waals surface area contributed by atoms with E-state index in [9.17, 15) is 14.4 Å². The predicted octanol–water partition coefficient (Wildman–Crippen LogP) is 1.13. The fourth-order valence-electron chi connectivity index (χ4n) is 5.26. The van der Waals surface area contributed by atoms with Crippen LogP contribution in [0, 0.1) is 5.92 Å². The van der Waals surface area contributed by atoms with E-state index in [0.717, 1.165) is 18.7 Å². The van der Waals surface area contributed by atoms with E-state index in [2.05, 4.69) is 10.2 Å². The number of benzene rings is 1. The molecule has 1 unspecified atom stereocenters. The van der Waals surface area contributed by atoms with Crippen LogP contribution in [0.4, 0.5) is 4.79 Å². The Labute approximate surface area is 206 Å². The molecule has 0 radical (unpaired) electrons. The minimum Gasteiger partial charge on any atom is -0.497 e. The number of methoxy groups -OCH3 is 2. The number of urea groups is 1. The van der Waals surface area contributed by atoms with Crippen molar-refractivity contribution < 1.29 is 28.6 Å². The van der Waals surface area contributed by atoms with Crippen molar-refractivity contribution >= 4 is 17.8 Å². The highest BCUT2D eigenvalue weighted by atomic mass is 16.5. The number of nitrogens with zero attached hydrogens (tertiary/aromatic N) is 3. The van der Waals surface area contributed by atoms with Crippen LogP contribution in [0.5, 0.6) is 11.5 Å². The van der Waals surface area contributed by atoms with Crippen molar-refractivity contribution in [3.63, 3.8) is 0 Å². The van der Waals surface area contributed by atoms with E-state index in [0.29, 0.717) is 63.7 Å². The number of likely N-dealkylation sites (tertiary alicyclic amines) is 1. The molecule has 0 bridgehead atoms. The van der Waals surface area contributed by atoms with Crippen LogP contribution in [-0.2, 0) is 20.7 Å². The summed E-state index contributed by atoms with van der Waals surface area (Å²) in [6.45, 7) is 6.93. The van der Waals surface area contributed by atoms with Crippen molar-refractivity contribution in [1.82, 2.24) is 20.0 Å². The van der Waals surface area contributed by atoms with Crippen molar-refractivity contribution in [1.29, 1.82) is 0 Å². The highest BCUT2D eigenvalue weighted by molar-refractivity contribution is 6.07. The number of rotatable bonds is 8. The summed E-state index contributed by atoms with van der Waals surface area (Å²) in [5.41, 5.74) is -0.159. The Morgan fingerprint density at radius 1 is 1.09 bits per heavy atom. The van der Waals surface area contributed by atoms with E-state index >= 15 is 0 Å². The molecule has 0 saturated carbocycles. The van der Waals surface area contributed by atoms with Gasteiger partial charge in [-0.05, 0) is 43.9 Å². The van der Waals surface area contributed by atoms with Crippen molar-refractivity contribution in [2.45, 2.75) is 31.7 Å². The SMILES string of the molecule is COc1ccc(OC)c(CC(=O)N2CCC(C3(C)NC(=O)N(CCN4CCOCC4)C3=O)CC2)c1. The Hall–Kier alpha value is -2.85. The number of nitrogens with one attached hydrogen (secondary N) is 1. The number of hydrogen-bond donors (Lipinski definition) is 1. The molecule has 4 rings (SSSR count). The number of carbonyl (C=O) groups excluding carboxylic acids is 3. The summed E-state index contributed by atoms with van der Waals surface area (Å²) < 4.78 is 16.1. The van der Waals surface area contributed by atoms with Crippen molar-refractivity contribution in [3.05, 3.63) is 23.8 Å². The van der Waals surface area contributed by atoms with Crippen molar-refractivity contribution in [2.24, 2.45) is 5.92 Å². The first kappa shape index (κ1) is 25.2. The van der Waals surface area contributed by atoms with Gasteiger partial charge in [0.05, 0.1) is 33.9 Å². The summed E-state index contributed by atoms with van der Waals surface area (Å²) in [5.74, 6) is 1.14. The number of piperidine rings is 1. The lowest BCUT2D eigenvalue weighted by atomic mass is 9.79. The van der Waals surface area contributed by atoms with Gasteiger partial charge in [0.2, 0.25) is 5.91 Å². The topological polar surface area (TPSA) is 101 Å². The second kappa shape index (κ2) is 10.8. The van der Waals surface area contributed by atoms with Gasteiger partial charge in [0, 0.05) is 44.8 Å². The molecule has 3 fully saturated rings. The first-order valence-electron chi connectivity index (χ1n) is 12.3. The van der Waals surface area contributed by atoms with Crippen LogP contribution in [-0.4, -0.2) is 105 Å². The normalized spacial score (nSPS) is 24.0. The summed E-state index contributed by atoms with van der Waals surface area (Å²) >= 11 is 0. The van der Waals surface area contributed by atoms with Crippen LogP contribution >= 0.6 is 0 Å². The number of amides is 4. The molecule has 0 spiro atoms. The van der Waals surface area contributed by atoms with E-state index < -0.39 is 5.54 Å². The smallest absolute Gasteiger partial charge is 0.325 e. The zero-order chi connectivity index (χ0) is 25.0. The average Bonchev–Trinajstić information content (AvgIpc) is 3.11. The second-order valence-electron chi connectivity index (χ2n) is 9.55. The first-order chi connectivity index (χ1) is 16.9. The highest BCUT2D eigenvalue weighted by Gasteiger charge is 2.52. The molecular formula is C25H36N4O6.